The SMILES string of the molecule is Cc1cccc(Cl)c1Nc1nc(NN)ncc1[N+](=O)[O-]. The number of anilines is 3. The molecule has 0 unspecified atom stereocenters. The van der Waals surface area contributed by atoms with E-state index >= 15 is 0 Å². The maximum atomic E-state index is 11.0. The van der Waals surface area contributed by atoms with Gasteiger partial charge in [-0.05, 0) is 18.6 Å². The number of benzene rings is 1. The van der Waals surface area contributed by atoms with Crippen LogP contribution in [0.25, 0.3) is 0 Å². The second-order valence-electron chi connectivity index (χ2n) is 3.89. The van der Waals surface area contributed by atoms with Gasteiger partial charge in [-0.25, -0.2) is 10.8 Å². The minimum atomic E-state index is -0.588. The van der Waals surface area contributed by atoms with Crippen LogP contribution in [-0.4, -0.2) is 14.9 Å². The molecule has 104 valence electrons. The van der Waals surface area contributed by atoms with Crippen LogP contribution in [0.2, 0.25) is 5.02 Å². The summed E-state index contributed by atoms with van der Waals surface area (Å²) in [4.78, 5) is 18.0. The highest BCUT2D eigenvalue weighted by Crippen LogP contribution is 2.31. The van der Waals surface area contributed by atoms with Gasteiger partial charge in [0.2, 0.25) is 11.8 Å². The van der Waals surface area contributed by atoms with Gasteiger partial charge in [0.25, 0.3) is 0 Å². The summed E-state index contributed by atoms with van der Waals surface area (Å²) in [5, 5.41) is 14.3. The Bertz CT molecular complexity index is 643. The summed E-state index contributed by atoms with van der Waals surface area (Å²) in [7, 11) is 0. The number of aromatic nitrogens is 2. The highest BCUT2D eigenvalue weighted by atomic mass is 35.5. The molecule has 9 heteroatoms. The molecule has 0 aliphatic carbocycles. The van der Waals surface area contributed by atoms with E-state index in [-0.39, 0.29) is 17.5 Å². The highest BCUT2D eigenvalue weighted by Gasteiger charge is 2.18. The molecule has 0 atom stereocenters. The summed E-state index contributed by atoms with van der Waals surface area (Å²) < 4.78 is 0. The third-order valence-electron chi connectivity index (χ3n) is 2.56. The molecule has 4 N–H and O–H groups in total. The predicted octanol–water partition coefficient (Wildman–Crippen LogP) is 2.38. The zero-order valence-electron chi connectivity index (χ0n) is 10.4. The van der Waals surface area contributed by atoms with E-state index in [2.05, 4.69) is 20.7 Å². The molecule has 1 aromatic heterocycles. The molecule has 0 aliphatic heterocycles. The number of hydrogen-bond donors (Lipinski definition) is 3. The van der Waals surface area contributed by atoms with Gasteiger partial charge in [0.1, 0.15) is 6.20 Å². The Morgan fingerprint density at radius 2 is 2.20 bits per heavy atom. The number of hydrazine groups is 1. The normalized spacial score (nSPS) is 10.2. The Kier molecular flexibility index (Phi) is 3.97. The van der Waals surface area contributed by atoms with Gasteiger partial charge < -0.3 is 5.32 Å². The minimum Gasteiger partial charge on any atom is -0.333 e. The summed E-state index contributed by atoms with van der Waals surface area (Å²) in [5.41, 5.74) is 3.32. The molecule has 2 aromatic rings. The number of nitrogens with zero attached hydrogens (tertiary/aromatic N) is 3. The monoisotopic (exact) mass is 294 g/mol. The zero-order valence-corrected chi connectivity index (χ0v) is 11.2. The summed E-state index contributed by atoms with van der Waals surface area (Å²) in [6.45, 7) is 1.82. The van der Waals surface area contributed by atoms with Crippen molar-refractivity contribution in [2.24, 2.45) is 5.84 Å². The van der Waals surface area contributed by atoms with Crippen molar-refractivity contribution in [1.82, 2.24) is 9.97 Å². The molecular formula is C11H11ClN6O2. The average molecular weight is 295 g/mol. The molecule has 2 rings (SSSR count). The van der Waals surface area contributed by atoms with Crippen LogP contribution in [-0.2, 0) is 0 Å². The van der Waals surface area contributed by atoms with Crippen molar-refractivity contribution in [3.8, 4) is 0 Å². The van der Waals surface area contributed by atoms with Crippen LogP contribution in [0.5, 0.6) is 0 Å². The first-order valence-electron chi connectivity index (χ1n) is 5.53. The van der Waals surface area contributed by atoms with Crippen LogP contribution in [0.1, 0.15) is 5.56 Å². The molecule has 0 bridgehead atoms. The van der Waals surface area contributed by atoms with Crippen LogP contribution in [0.15, 0.2) is 24.4 Å². The molecule has 0 spiro atoms. The first kappa shape index (κ1) is 14.0. The highest BCUT2D eigenvalue weighted by molar-refractivity contribution is 6.33. The quantitative estimate of drug-likeness (QED) is 0.450. The Morgan fingerprint density at radius 3 is 2.80 bits per heavy atom. The van der Waals surface area contributed by atoms with Gasteiger partial charge in [-0.3, -0.25) is 15.5 Å². The van der Waals surface area contributed by atoms with Crippen molar-refractivity contribution < 1.29 is 4.92 Å². The molecule has 0 aliphatic rings. The number of nitrogens with two attached hydrogens (primary N) is 1. The van der Waals surface area contributed by atoms with Crippen molar-refractivity contribution in [3.05, 3.63) is 45.1 Å². The number of halogens is 1. The van der Waals surface area contributed by atoms with Gasteiger partial charge in [0.05, 0.1) is 15.6 Å². The fraction of sp³-hybridized carbons (Fsp3) is 0.0909. The fourth-order valence-electron chi connectivity index (χ4n) is 1.58. The number of para-hydroxylation sites is 1. The van der Waals surface area contributed by atoms with Crippen LogP contribution < -0.4 is 16.6 Å². The van der Waals surface area contributed by atoms with E-state index in [4.69, 9.17) is 17.4 Å². The zero-order chi connectivity index (χ0) is 14.7. The third kappa shape index (κ3) is 2.76. The molecule has 0 radical (unpaired) electrons. The number of hydrogen-bond acceptors (Lipinski definition) is 7. The number of nitro groups is 1. The number of nitrogens with one attached hydrogen (secondary N) is 2. The second-order valence-corrected chi connectivity index (χ2v) is 4.29. The van der Waals surface area contributed by atoms with Crippen molar-refractivity contribution in [2.75, 3.05) is 10.7 Å². The Morgan fingerprint density at radius 1 is 1.45 bits per heavy atom. The Labute approximate surface area is 119 Å². The topological polar surface area (TPSA) is 119 Å². The van der Waals surface area contributed by atoms with E-state index in [0.29, 0.717) is 10.7 Å². The van der Waals surface area contributed by atoms with E-state index in [1.165, 1.54) is 0 Å². The van der Waals surface area contributed by atoms with Gasteiger partial charge in [-0.2, -0.15) is 4.98 Å². The van der Waals surface area contributed by atoms with Gasteiger partial charge in [0.15, 0.2) is 0 Å². The van der Waals surface area contributed by atoms with Crippen LogP contribution in [0, 0.1) is 17.0 Å². The van der Waals surface area contributed by atoms with Crippen LogP contribution >= 0.6 is 11.6 Å². The molecule has 1 aromatic carbocycles. The second kappa shape index (κ2) is 5.68. The van der Waals surface area contributed by atoms with Crippen LogP contribution in [0.3, 0.4) is 0 Å². The van der Waals surface area contributed by atoms with Gasteiger partial charge in [-0.1, -0.05) is 23.7 Å². The average Bonchev–Trinajstić information content (AvgIpc) is 2.42. The molecule has 0 amide bonds. The first-order chi connectivity index (χ1) is 9.52. The first-order valence-corrected chi connectivity index (χ1v) is 5.91. The van der Waals surface area contributed by atoms with Gasteiger partial charge in [-0.15, -0.1) is 0 Å². The van der Waals surface area contributed by atoms with E-state index < -0.39 is 4.92 Å². The Hall–Kier alpha value is -2.45. The summed E-state index contributed by atoms with van der Waals surface area (Å²) in [6, 6.07) is 5.28. The molecule has 1 heterocycles. The smallest absolute Gasteiger partial charge is 0.329 e. The molecule has 8 nitrogen and oxygen atoms in total. The van der Waals surface area contributed by atoms with Crippen molar-refractivity contribution in [1.29, 1.82) is 0 Å². The molecule has 0 saturated heterocycles. The molecule has 20 heavy (non-hydrogen) atoms. The summed E-state index contributed by atoms with van der Waals surface area (Å²) in [5.74, 6) is 5.27. The maximum Gasteiger partial charge on any atom is 0.329 e. The van der Waals surface area contributed by atoms with Gasteiger partial charge >= 0.3 is 5.69 Å². The van der Waals surface area contributed by atoms with E-state index in [1.54, 1.807) is 12.1 Å². The predicted molar refractivity (Wildman–Crippen MR) is 76.0 cm³/mol. The van der Waals surface area contributed by atoms with E-state index in [1.807, 2.05) is 13.0 Å². The van der Waals surface area contributed by atoms with Crippen LogP contribution in [0.4, 0.5) is 23.1 Å². The summed E-state index contributed by atoms with van der Waals surface area (Å²) >= 11 is 6.07. The number of rotatable bonds is 4. The lowest BCUT2D eigenvalue weighted by molar-refractivity contribution is -0.384. The minimum absolute atomic E-state index is 0.00847. The standard InChI is InChI=1S/C11H11ClN6O2/c1-6-3-2-4-7(12)9(6)15-10-8(18(19)20)5-14-11(16-10)17-13/h2-5H,13H2,1H3,(H2,14,15,16,17). The largest absolute Gasteiger partial charge is 0.333 e. The number of aryl methyl sites for hydroxylation is 1. The lowest BCUT2D eigenvalue weighted by atomic mass is 10.2. The number of nitrogen functional groups attached to an aromatic ring is 1. The lowest BCUT2D eigenvalue weighted by Crippen LogP contribution is -2.12. The molecule has 0 saturated carbocycles. The van der Waals surface area contributed by atoms with Crippen molar-refractivity contribution >= 4 is 34.7 Å². The van der Waals surface area contributed by atoms with E-state index in [9.17, 15) is 10.1 Å². The summed E-state index contributed by atoms with van der Waals surface area (Å²) in [6.07, 6.45) is 1.07. The lowest BCUT2D eigenvalue weighted by Gasteiger charge is -2.11. The Balaban J connectivity index is 2.49. The maximum absolute atomic E-state index is 11.0. The van der Waals surface area contributed by atoms with Crippen molar-refractivity contribution in [3.63, 3.8) is 0 Å². The van der Waals surface area contributed by atoms with Crippen molar-refractivity contribution in [2.45, 2.75) is 6.92 Å². The van der Waals surface area contributed by atoms with Gasteiger partial charge in [0, 0.05) is 0 Å². The molecular weight excluding hydrogens is 284 g/mol. The molecule has 0 fully saturated rings. The fourth-order valence-corrected chi connectivity index (χ4v) is 1.85. The third-order valence-corrected chi connectivity index (χ3v) is 2.88. The van der Waals surface area contributed by atoms with E-state index in [0.717, 1.165) is 11.8 Å².